The maximum atomic E-state index is 10.8. The molecule has 156 valence electrons. The van der Waals surface area contributed by atoms with Crippen LogP contribution in [0.25, 0.3) is 0 Å². The summed E-state index contributed by atoms with van der Waals surface area (Å²) in [4.78, 5) is 10.8. The summed E-state index contributed by atoms with van der Waals surface area (Å²) in [5.74, 6) is 2.50. The number of methoxy groups -OCH3 is 1. The van der Waals surface area contributed by atoms with Crippen molar-refractivity contribution in [3.63, 3.8) is 0 Å². The second-order valence-electron chi connectivity index (χ2n) is 6.51. The van der Waals surface area contributed by atoms with Gasteiger partial charge in [0.1, 0.15) is 5.75 Å². The molecule has 0 spiro atoms. The van der Waals surface area contributed by atoms with Crippen LogP contribution >= 0.6 is 0 Å². The van der Waals surface area contributed by atoms with Crippen LogP contribution in [0.15, 0.2) is 47.6 Å². The molecule has 2 aromatic rings. The van der Waals surface area contributed by atoms with Crippen molar-refractivity contribution in [2.45, 2.75) is 32.6 Å². The van der Waals surface area contributed by atoms with Crippen LogP contribution in [0.3, 0.4) is 0 Å². The second-order valence-corrected chi connectivity index (χ2v) is 6.51. The van der Waals surface area contributed by atoms with Crippen molar-refractivity contribution in [1.82, 2.24) is 5.43 Å². The number of ether oxygens (including phenoxy) is 3. The van der Waals surface area contributed by atoms with Crippen LogP contribution in [0.5, 0.6) is 17.2 Å². The van der Waals surface area contributed by atoms with Crippen molar-refractivity contribution in [2.75, 3.05) is 20.3 Å². The van der Waals surface area contributed by atoms with E-state index in [9.17, 15) is 4.79 Å². The molecule has 29 heavy (non-hydrogen) atoms. The molecular formula is C22H29N3O4. The highest BCUT2D eigenvalue weighted by atomic mass is 16.5. The van der Waals surface area contributed by atoms with Crippen molar-refractivity contribution < 1.29 is 19.0 Å². The molecule has 0 aliphatic carbocycles. The molecule has 0 radical (unpaired) electrons. The molecule has 3 N–H and O–H groups in total. The van der Waals surface area contributed by atoms with Crippen molar-refractivity contribution in [3.05, 3.63) is 53.6 Å². The van der Waals surface area contributed by atoms with Crippen LogP contribution in [0.1, 0.15) is 43.7 Å². The number of hydrogen-bond donors (Lipinski definition) is 2. The lowest BCUT2D eigenvalue weighted by molar-refractivity contribution is 0.238. The molecule has 7 heteroatoms. The summed E-state index contributed by atoms with van der Waals surface area (Å²) in [7, 11) is 1.57. The standard InChI is InChI=1S/C22H29N3O4/c1-4-16(2)18-10-5-6-11-19(18)28-13-8-14-29-21-17(15-24-25-22(23)26)9-7-12-20(21)27-3/h5-7,9-12,15-16H,4,8,13-14H2,1-3H3,(H3,23,25,26)/b24-15-/t16-/m0/s1. The van der Waals surface area contributed by atoms with E-state index in [-0.39, 0.29) is 0 Å². The fourth-order valence-corrected chi connectivity index (χ4v) is 2.77. The molecule has 2 amide bonds. The smallest absolute Gasteiger partial charge is 0.332 e. The molecule has 1 atom stereocenters. The van der Waals surface area contributed by atoms with Crippen LogP contribution in [0.4, 0.5) is 4.79 Å². The van der Waals surface area contributed by atoms with E-state index in [1.54, 1.807) is 13.2 Å². The van der Waals surface area contributed by atoms with Gasteiger partial charge in [0.05, 0.1) is 26.5 Å². The van der Waals surface area contributed by atoms with Gasteiger partial charge in [0, 0.05) is 12.0 Å². The number of hydrogen-bond acceptors (Lipinski definition) is 5. The monoisotopic (exact) mass is 399 g/mol. The predicted molar refractivity (Wildman–Crippen MR) is 114 cm³/mol. The lowest BCUT2D eigenvalue weighted by Crippen LogP contribution is -2.24. The maximum absolute atomic E-state index is 10.8. The molecule has 0 aliphatic rings. The molecule has 0 bridgehead atoms. The maximum Gasteiger partial charge on any atom is 0.332 e. The first-order chi connectivity index (χ1) is 14.1. The SMILES string of the molecule is CC[C@H](C)c1ccccc1OCCCOc1c(/C=N\NC(N)=O)cccc1OC. The van der Waals surface area contributed by atoms with E-state index < -0.39 is 6.03 Å². The predicted octanol–water partition coefficient (Wildman–Crippen LogP) is 4.06. The minimum atomic E-state index is -0.735. The van der Waals surface area contributed by atoms with Crippen molar-refractivity contribution in [3.8, 4) is 17.2 Å². The average Bonchev–Trinajstić information content (AvgIpc) is 2.73. The van der Waals surface area contributed by atoms with Crippen LogP contribution < -0.4 is 25.4 Å². The van der Waals surface area contributed by atoms with E-state index in [0.29, 0.717) is 42.6 Å². The Kier molecular flexibility index (Phi) is 8.82. The second kappa shape index (κ2) is 11.6. The number of rotatable bonds is 11. The molecule has 0 unspecified atom stereocenters. The van der Waals surface area contributed by atoms with Gasteiger partial charge in [-0.3, -0.25) is 0 Å². The van der Waals surface area contributed by atoms with E-state index in [1.807, 2.05) is 30.3 Å². The highest BCUT2D eigenvalue weighted by molar-refractivity contribution is 5.86. The minimum absolute atomic E-state index is 0.440. The van der Waals surface area contributed by atoms with E-state index in [0.717, 1.165) is 12.2 Å². The van der Waals surface area contributed by atoms with Gasteiger partial charge >= 0.3 is 6.03 Å². The normalized spacial score (nSPS) is 11.8. The zero-order valence-electron chi connectivity index (χ0n) is 17.2. The summed E-state index contributed by atoms with van der Waals surface area (Å²) >= 11 is 0. The molecule has 0 heterocycles. The number of benzene rings is 2. The van der Waals surface area contributed by atoms with Gasteiger partial charge in [-0.1, -0.05) is 38.1 Å². The van der Waals surface area contributed by atoms with Crippen molar-refractivity contribution in [2.24, 2.45) is 10.8 Å². The number of urea groups is 1. The third-order valence-corrected chi connectivity index (χ3v) is 4.46. The van der Waals surface area contributed by atoms with E-state index >= 15 is 0 Å². The Bertz CT molecular complexity index is 823. The van der Waals surface area contributed by atoms with Gasteiger partial charge < -0.3 is 19.9 Å². The molecule has 0 saturated carbocycles. The van der Waals surface area contributed by atoms with Gasteiger partial charge in [-0.2, -0.15) is 5.10 Å². The van der Waals surface area contributed by atoms with E-state index in [1.165, 1.54) is 11.8 Å². The Hall–Kier alpha value is -3.22. The molecule has 0 saturated heterocycles. The number of hydrazone groups is 1. The lowest BCUT2D eigenvalue weighted by Gasteiger charge is -2.16. The number of para-hydroxylation sites is 2. The van der Waals surface area contributed by atoms with Gasteiger partial charge in [0.2, 0.25) is 0 Å². The molecule has 2 aromatic carbocycles. The highest BCUT2D eigenvalue weighted by Crippen LogP contribution is 2.31. The minimum Gasteiger partial charge on any atom is -0.493 e. The Labute approximate surface area is 171 Å². The molecule has 7 nitrogen and oxygen atoms in total. The average molecular weight is 399 g/mol. The molecule has 0 aromatic heterocycles. The summed E-state index contributed by atoms with van der Waals surface area (Å²) < 4.78 is 17.3. The fraction of sp³-hybridized carbons (Fsp3) is 0.364. The fourth-order valence-electron chi connectivity index (χ4n) is 2.77. The van der Waals surface area contributed by atoms with Gasteiger partial charge in [-0.05, 0) is 36.1 Å². The summed E-state index contributed by atoms with van der Waals surface area (Å²) in [5, 5.41) is 3.79. The number of primary amides is 1. The summed E-state index contributed by atoms with van der Waals surface area (Å²) in [6.45, 7) is 5.34. The molecule has 2 rings (SSSR count). The molecular weight excluding hydrogens is 370 g/mol. The molecule has 0 aliphatic heterocycles. The Morgan fingerprint density at radius 2 is 1.86 bits per heavy atom. The topological polar surface area (TPSA) is 95.2 Å². The van der Waals surface area contributed by atoms with Crippen molar-refractivity contribution >= 4 is 12.2 Å². The Balaban J connectivity index is 1.94. The summed E-state index contributed by atoms with van der Waals surface area (Å²) in [5.41, 5.74) is 9.07. The van der Waals surface area contributed by atoms with Crippen LogP contribution in [0, 0.1) is 0 Å². The number of carbonyl (C=O) groups excluding carboxylic acids is 1. The number of nitrogens with one attached hydrogen (secondary N) is 1. The first kappa shape index (κ1) is 22.1. The van der Waals surface area contributed by atoms with Gasteiger partial charge in [-0.25, -0.2) is 10.2 Å². The van der Waals surface area contributed by atoms with Gasteiger partial charge in [0.15, 0.2) is 11.5 Å². The number of nitrogens with zero attached hydrogens (tertiary/aromatic N) is 1. The highest BCUT2D eigenvalue weighted by Gasteiger charge is 2.11. The van der Waals surface area contributed by atoms with E-state index in [4.69, 9.17) is 19.9 Å². The van der Waals surface area contributed by atoms with Crippen LogP contribution in [0.2, 0.25) is 0 Å². The van der Waals surface area contributed by atoms with E-state index in [2.05, 4.69) is 30.4 Å². The number of nitrogens with two attached hydrogens (primary N) is 1. The summed E-state index contributed by atoms with van der Waals surface area (Å²) in [6.07, 6.45) is 3.22. The Morgan fingerprint density at radius 3 is 2.59 bits per heavy atom. The third kappa shape index (κ3) is 6.71. The van der Waals surface area contributed by atoms with Crippen LogP contribution in [-0.4, -0.2) is 32.6 Å². The first-order valence-electron chi connectivity index (χ1n) is 9.66. The zero-order chi connectivity index (χ0) is 21.1. The zero-order valence-corrected chi connectivity index (χ0v) is 17.2. The van der Waals surface area contributed by atoms with Gasteiger partial charge in [-0.15, -0.1) is 0 Å². The quantitative estimate of drug-likeness (QED) is 0.338. The van der Waals surface area contributed by atoms with Gasteiger partial charge in [0.25, 0.3) is 0 Å². The third-order valence-electron chi connectivity index (χ3n) is 4.46. The summed E-state index contributed by atoms with van der Waals surface area (Å²) in [6, 6.07) is 12.8. The first-order valence-corrected chi connectivity index (χ1v) is 9.66. The van der Waals surface area contributed by atoms with Crippen molar-refractivity contribution in [1.29, 1.82) is 0 Å². The molecule has 0 fully saturated rings. The number of carbonyl (C=O) groups is 1. The largest absolute Gasteiger partial charge is 0.493 e. The Morgan fingerprint density at radius 1 is 1.14 bits per heavy atom. The lowest BCUT2D eigenvalue weighted by atomic mass is 9.98. The number of amides is 2. The van der Waals surface area contributed by atoms with Crippen LogP contribution in [-0.2, 0) is 0 Å².